The van der Waals surface area contributed by atoms with Gasteiger partial charge in [0.15, 0.2) is 6.29 Å². The van der Waals surface area contributed by atoms with Crippen LogP contribution in [0.5, 0.6) is 0 Å². The zero-order valence-electron chi connectivity index (χ0n) is 31.5. The smallest absolute Gasteiger partial charge is 0.224 e. The van der Waals surface area contributed by atoms with Crippen molar-refractivity contribution in [3.8, 4) is 0 Å². The third-order valence-electron chi connectivity index (χ3n) is 10.3. The molecule has 280 valence electrons. The summed E-state index contributed by atoms with van der Waals surface area (Å²) in [6.07, 6.45) is 16.2. The van der Waals surface area contributed by atoms with Crippen LogP contribution >= 0.6 is 0 Å². The molecule has 1 aliphatic heterocycles. The lowest BCUT2D eigenvalue weighted by Gasteiger charge is -2.39. The molecule has 0 saturated carbocycles. The largest absolute Gasteiger partial charge is 0.392 e. The molecule has 1 amide bonds. The molecule has 0 radical (unpaired) electrons. The fraction of sp³-hybridized carbons (Fsp3) is 0.568. The predicted molar refractivity (Wildman–Crippen MR) is 207 cm³/mol. The second-order valence-electron chi connectivity index (χ2n) is 14.6. The molecule has 1 heterocycles. The highest BCUT2D eigenvalue weighted by Crippen LogP contribution is 2.39. The normalized spacial score (nSPS) is 18.8. The number of hydrogen-bond donors (Lipinski definition) is 3. The number of nitrogens with one attached hydrogen (secondary N) is 1. The number of benzene rings is 3. The van der Waals surface area contributed by atoms with Crippen molar-refractivity contribution in [2.45, 2.75) is 147 Å². The van der Waals surface area contributed by atoms with E-state index in [1.165, 1.54) is 70.6 Å². The van der Waals surface area contributed by atoms with E-state index in [1.807, 2.05) is 92.8 Å². The minimum Gasteiger partial charge on any atom is -0.392 e. The molecule has 7 nitrogen and oxygen atoms in total. The number of hydrogen-bond acceptors (Lipinski definition) is 6. The van der Waals surface area contributed by atoms with Crippen molar-refractivity contribution < 1.29 is 24.5 Å². The van der Waals surface area contributed by atoms with Gasteiger partial charge in [0.05, 0.1) is 24.9 Å². The monoisotopic (exact) mass is 700 g/mol. The first-order valence-electron chi connectivity index (χ1n) is 19.7. The summed E-state index contributed by atoms with van der Waals surface area (Å²) in [5.74, 6) is 0.0352. The van der Waals surface area contributed by atoms with Crippen LogP contribution in [0.1, 0.15) is 151 Å². The Hall–Kier alpha value is -3.07. The van der Waals surface area contributed by atoms with E-state index in [-0.39, 0.29) is 30.8 Å². The Kier molecular flexibility index (Phi) is 18.2. The second kappa shape index (κ2) is 22.8. The number of ether oxygens (including phenoxy) is 2. The zero-order chi connectivity index (χ0) is 36.3. The topological polar surface area (TPSA) is 91.3 Å². The van der Waals surface area contributed by atoms with Crippen LogP contribution in [0.4, 0.5) is 5.69 Å². The van der Waals surface area contributed by atoms with E-state index >= 15 is 0 Å². The SMILES string of the molecule is CCCCCCCCCCCCCCCC(=O)Nc1cccc(C2O[C@H](CN(C)[C@@H](C)[C@H](O)c3ccccc3)C[C@H](c3ccc(CO)cc3)O2)c1. The van der Waals surface area contributed by atoms with Gasteiger partial charge in [0, 0.05) is 36.7 Å². The Balaban J connectivity index is 1.28. The number of likely N-dealkylation sites (N-methyl/N-ethyl adjacent to an activating group) is 1. The minimum absolute atomic E-state index is 0.00947. The van der Waals surface area contributed by atoms with Gasteiger partial charge in [-0.05, 0) is 49.2 Å². The molecule has 0 aromatic heterocycles. The first-order chi connectivity index (χ1) is 24.9. The first kappa shape index (κ1) is 40.7. The fourth-order valence-corrected chi connectivity index (χ4v) is 6.98. The van der Waals surface area contributed by atoms with E-state index in [4.69, 9.17) is 9.47 Å². The highest BCUT2D eigenvalue weighted by atomic mass is 16.7. The molecule has 51 heavy (non-hydrogen) atoms. The Bertz CT molecular complexity index is 1380. The minimum atomic E-state index is -0.632. The maximum Gasteiger partial charge on any atom is 0.224 e. The van der Waals surface area contributed by atoms with E-state index in [0.29, 0.717) is 19.4 Å². The van der Waals surface area contributed by atoms with Crippen LogP contribution in [0.2, 0.25) is 0 Å². The van der Waals surface area contributed by atoms with Gasteiger partial charge in [0.1, 0.15) is 0 Å². The lowest BCUT2D eigenvalue weighted by Crippen LogP contribution is -2.43. The number of carbonyl (C=O) groups excluding carboxylic acids is 1. The Labute approximate surface area is 307 Å². The van der Waals surface area contributed by atoms with Crippen molar-refractivity contribution in [3.05, 3.63) is 101 Å². The number of unbranched alkanes of at least 4 members (excludes halogenated alkanes) is 12. The van der Waals surface area contributed by atoms with E-state index in [2.05, 4.69) is 17.1 Å². The molecule has 0 bridgehead atoms. The summed E-state index contributed by atoms with van der Waals surface area (Å²) in [5, 5.41) is 23.8. The maximum absolute atomic E-state index is 12.9. The molecule has 5 atom stereocenters. The third kappa shape index (κ3) is 14.1. The maximum atomic E-state index is 12.9. The van der Waals surface area contributed by atoms with Crippen LogP contribution in [0.25, 0.3) is 0 Å². The molecule has 4 rings (SSSR count). The number of rotatable bonds is 23. The fourth-order valence-electron chi connectivity index (χ4n) is 6.98. The summed E-state index contributed by atoms with van der Waals surface area (Å²) in [6, 6.07) is 25.3. The van der Waals surface area contributed by atoms with E-state index in [0.717, 1.165) is 40.8 Å². The summed E-state index contributed by atoms with van der Waals surface area (Å²) in [5.41, 5.74) is 4.34. The number of amides is 1. The highest BCUT2D eigenvalue weighted by molar-refractivity contribution is 5.90. The van der Waals surface area contributed by atoms with Crippen molar-refractivity contribution in [1.29, 1.82) is 0 Å². The summed E-state index contributed by atoms with van der Waals surface area (Å²) in [4.78, 5) is 15.0. The number of aliphatic hydroxyl groups excluding tert-OH is 2. The molecule has 1 saturated heterocycles. The molecule has 1 fully saturated rings. The van der Waals surface area contributed by atoms with E-state index < -0.39 is 12.4 Å². The van der Waals surface area contributed by atoms with Gasteiger partial charge in [-0.3, -0.25) is 9.69 Å². The summed E-state index contributed by atoms with van der Waals surface area (Å²) in [7, 11) is 2.02. The van der Waals surface area contributed by atoms with Crippen LogP contribution < -0.4 is 5.32 Å². The van der Waals surface area contributed by atoms with Crippen LogP contribution in [-0.4, -0.2) is 46.8 Å². The van der Waals surface area contributed by atoms with Crippen molar-refractivity contribution >= 4 is 11.6 Å². The molecule has 0 spiro atoms. The third-order valence-corrected chi connectivity index (χ3v) is 10.3. The Morgan fingerprint density at radius 2 is 1.43 bits per heavy atom. The molecule has 3 N–H and O–H groups in total. The number of nitrogens with zero attached hydrogens (tertiary/aromatic N) is 1. The zero-order valence-corrected chi connectivity index (χ0v) is 31.5. The Morgan fingerprint density at radius 3 is 2.06 bits per heavy atom. The number of anilines is 1. The van der Waals surface area contributed by atoms with Gasteiger partial charge in [0.25, 0.3) is 0 Å². The molecule has 3 aromatic carbocycles. The lowest BCUT2D eigenvalue weighted by atomic mass is 9.98. The molecule has 1 unspecified atom stereocenters. The van der Waals surface area contributed by atoms with E-state index in [9.17, 15) is 15.0 Å². The predicted octanol–water partition coefficient (Wildman–Crippen LogP) is 10.2. The van der Waals surface area contributed by atoms with Crippen molar-refractivity contribution in [1.82, 2.24) is 4.90 Å². The quantitative estimate of drug-likeness (QED) is 0.0853. The average molecular weight is 701 g/mol. The molecule has 7 heteroatoms. The second-order valence-corrected chi connectivity index (χ2v) is 14.6. The van der Waals surface area contributed by atoms with Gasteiger partial charge in [-0.1, -0.05) is 151 Å². The van der Waals surface area contributed by atoms with Gasteiger partial charge in [-0.15, -0.1) is 0 Å². The highest BCUT2D eigenvalue weighted by Gasteiger charge is 2.34. The summed E-state index contributed by atoms with van der Waals surface area (Å²) < 4.78 is 13.2. The van der Waals surface area contributed by atoms with Crippen molar-refractivity contribution in [2.75, 3.05) is 18.9 Å². The van der Waals surface area contributed by atoms with Crippen LogP contribution in [0.15, 0.2) is 78.9 Å². The van der Waals surface area contributed by atoms with Crippen LogP contribution in [-0.2, 0) is 20.9 Å². The van der Waals surface area contributed by atoms with Gasteiger partial charge < -0.3 is 25.0 Å². The first-order valence-corrected chi connectivity index (χ1v) is 19.7. The van der Waals surface area contributed by atoms with Crippen molar-refractivity contribution in [2.24, 2.45) is 0 Å². The Morgan fingerprint density at radius 1 is 0.804 bits per heavy atom. The molecular weight excluding hydrogens is 636 g/mol. The van der Waals surface area contributed by atoms with Gasteiger partial charge in [-0.25, -0.2) is 0 Å². The molecule has 0 aliphatic carbocycles. The van der Waals surface area contributed by atoms with Crippen LogP contribution in [0.3, 0.4) is 0 Å². The summed E-state index contributed by atoms with van der Waals surface area (Å²) in [6.45, 7) is 4.89. The number of carbonyl (C=O) groups is 1. The molecular formula is C44H64N2O5. The average Bonchev–Trinajstić information content (AvgIpc) is 3.16. The number of aliphatic hydroxyl groups is 2. The lowest BCUT2D eigenvalue weighted by molar-refractivity contribution is -0.253. The summed E-state index contributed by atoms with van der Waals surface area (Å²) >= 11 is 0. The molecule has 3 aromatic rings. The van der Waals surface area contributed by atoms with Gasteiger partial charge in [-0.2, -0.15) is 0 Å². The van der Waals surface area contributed by atoms with Gasteiger partial charge >= 0.3 is 0 Å². The van der Waals surface area contributed by atoms with Crippen LogP contribution in [0, 0.1) is 0 Å². The van der Waals surface area contributed by atoms with E-state index in [1.54, 1.807) is 0 Å². The van der Waals surface area contributed by atoms with Crippen molar-refractivity contribution in [3.63, 3.8) is 0 Å². The van der Waals surface area contributed by atoms with Gasteiger partial charge in [0.2, 0.25) is 5.91 Å². The standard InChI is InChI=1S/C44H64N2O5/c1-4-5-6-7-8-9-10-11-12-13-14-15-19-25-42(48)45-39-24-20-23-38(30-39)44-50-40(31-41(51-44)36-28-26-35(33-47)27-29-36)32-46(3)34(2)43(49)37-21-17-16-18-22-37/h16-18,20-24,26-30,34,40-41,43-44,47,49H,4-15,19,25,31-33H2,1-3H3,(H,45,48)/t34-,40-,41+,43-,44?/m0/s1. The molecule has 1 aliphatic rings.